The summed E-state index contributed by atoms with van der Waals surface area (Å²) in [6.07, 6.45) is 9.85. The van der Waals surface area contributed by atoms with Crippen LogP contribution in [0.2, 0.25) is 0 Å². The smallest absolute Gasteiger partial charge is 0.308 e. The lowest BCUT2D eigenvalue weighted by Crippen LogP contribution is -2.66. The van der Waals surface area contributed by atoms with Crippen molar-refractivity contribution in [1.29, 1.82) is 0 Å². The minimum absolute atomic E-state index is 0.00308. The third kappa shape index (κ3) is 30.8. The molecule has 3 saturated heterocycles. The van der Waals surface area contributed by atoms with Crippen LogP contribution in [-0.4, -0.2) is 249 Å². The molecule has 3 rings (SSSR count). The number of hydrogen-bond donors (Lipinski definition) is 18. The molecule has 3 aliphatic heterocycles. The molecule has 580 valence electrons. The van der Waals surface area contributed by atoms with Gasteiger partial charge in [-0.3, -0.25) is 81.5 Å². The second kappa shape index (κ2) is 45.8. The number of unbranched alkanes of at least 4 members (excludes halogenated alkanes) is 11. The molecule has 0 bridgehead atoms. The van der Waals surface area contributed by atoms with Crippen molar-refractivity contribution in [3.8, 4) is 0 Å². The summed E-state index contributed by atoms with van der Waals surface area (Å²) in [7, 11) is 0. The SMILES string of the molecule is CCCCCCCCCCCCCNC(CC(=O)O)C(=O)NC1C(=O)N2CCCCC2C(=O)NC(C(C)C(=O)O)C(=O)NC(CC(=O)O)C(=O)NCC(=O)NC(CC(=O)O)C(=O)NCC(=O)NC(C(C)NC(=O)CNC(=O)C(N)CCCCN)C(=O)NC(C(C)C)C(=O)N2CCCC2C(=O)NC1C. The molecule has 0 aliphatic carbocycles. The van der Waals surface area contributed by atoms with E-state index in [1.807, 2.05) is 10.6 Å². The minimum atomic E-state index is -2.14. The summed E-state index contributed by atoms with van der Waals surface area (Å²) in [5, 5.41) is 68.5. The topological polar surface area (TPSA) is 574 Å². The second-order valence-corrected chi connectivity index (χ2v) is 26.8. The standard InChI is InChI=1S/C66H110N16O21/c1-7-8-9-10-11-12-13-14-15-16-20-27-69-41(30-49(86)87)59(95)80-55-39(6)74-60(96)45-25-22-29-82(45)64(100)52(36(2)3)78-63(99)54(38(5)73-46(83)33-70-56(92)40(68)23-17-19-26-67)77-48(85)35-72-57(93)42(31-50(88)89)75-47(84)34-71-58(94)43(32-51(90)91)76-62(98)53(37(4)66(102)103)79-61(97)44-24-18-21-28-81(44)65(55)101/h36-45,52-55,69H,7-35,67-68H2,1-6H3,(H,70,92)(H,71,94)(H,72,93)(H,73,83)(H,74,96)(H,75,84)(H,76,98)(H,77,85)(H,78,99)(H,79,97)(H,80,95)(H,86,87)(H,88,89)(H,90,91)(H,102,103). The number of amides is 13. The van der Waals surface area contributed by atoms with E-state index < -0.39 is 224 Å². The fourth-order valence-electron chi connectivity index (χ4n) is 12.1. The Morgan fingerprint density at radius 2 is 1.07 bits per heavy atom. The van der Waals surface area contributed by atoms with Gasteiger partial charge in [-0.2, -0.15) is 0 Å². The minimum Gasteiger partial charge on any atom is -0.481 e. The van der Waals surface area contributed by atoms with E-state index in [1.165, 1.54) is 47.0 Å². The fourth-order valence-corrected chi connectivity index (χ4v) is 12.1. The van der Waals surface area contributed by atoms with Gasteiger partial charge in [0.05, 0.1) is 69.0 Å². The van der Waals surface area contributed by atoms with E-state index in [1.54, 1.807) is 0 Å². The summed E-state index contributed by atoms with van der Waals surface area (Å²) < 4.78 is 0. The number of carboxylic acids is 4. The van der Waals surface area contributed by atoms with E-state index in [0.29, 0.717) is 25.8 Å². The van der Waals surface area contributed by atoms with Crippen molar-refractivity contribution in [2.24, 2.45) is 23.3 Å². The van der Waals surface area contributed by atoms with Crippen LogP contribution >= 0.6 is 0 Å². The Morgan fingerprint density at radius 1 is 0.553 bits per heavy atom. The number of rotatable bonds is 33. The first-order valence-corrected chi connectivity index (χ1v) is 35.6. The Labute approximate surface area is 598 Å². The number of fused-ring (bicyclic) bond motifs is 2. The van der Waals surface area contributed by atoms with E-state index >= 15 is 4.79 Å². The molecular weight excluding hydrogens is 1350 g/mol. The monoisotopic (exact) mass is 1460 g/mol. The van der Waals surface area contributed by atoms with Crippen LogP contribution in [0.4, 0.5) is 0 Å². The molecule has 3 heterocycles. The van der Waals surface area contributed by atoms with Crippen molar-refractivity contribution < 1.29 is 102 Å². The van der Waals surface area contributed by atoms with Gasteiger partial charge in [-0.15, -0.1) is 0 Å². The quantitative estimate of drug-likeness (QED) is 0.0280. The van der Waals surface area contributed by atoms with Gasteiger partial charge >= 0.3 is 23.9 Å². The fraction of sp³-hybridized carbons (Fsp3) is 0.742. The lowest BCUT2D eigenvalue weighted by molar-refractivity contribution is -0.150. The van der Waals surface area contributed by atoms with Crippen LogP contribution < -0.4 is 75.3 Å². The molecule has 37 nitrogen and oxygen atoms in total. The Hall–Kier alpha value is -9.13. The molecule has 20 N–H and O–H groups in total. The summed E-state index contributed by atoms with van der Waals surface area (Å²) in [4.78, 5) is 235. The van der Waals surface area contributed by atoms with E-state index in [2.05, 4.69) is 60.1 Å². The number of nitrogens with one attached hydrogen (secondary N) is 12. The maximum Gasteiger partial charge on any atom is 0.308 e. The first-order chi connectivity index (χ1) is 48.7. The van der Waals surface area contributed by atoms with Crippen LogP contribution in [-0.2, 0) is 81.5 Å². The number of piperidine rings is 1. The van der Waals surface area contributed by atoms with Crippen molar-refractivity contribution in [3.05, 3.63) is 0 Å². The van der Waals surface area contributed by atoms with Gasteiger partial charge in [-0.05, 0) is 91.1 Å². The van der Waals surface area contributed by atoms with Gasteiger partial charge < -0.3 is 105 Å². The summed E-state index contributed by atoms with van der Waals surface area (Å²) in [6, 6.07) is -19.8. The molecule has 13 unspecified atom stereocenters. The summed E-state index contributed by atoms with van der Waals surface area (Å²) in [5.74, 6) is -23.4. The molecule has 0 aromatic heterocycles. The molecule has 0 spiro atoms. The molecule has 3 fully saturated rings. The predicted molar refractivity (Wildman–Crippen MR) is 367 cm³/mol. The Morgan fingerprint density at radius 3 is 1.62 bits per heavy atom. The van der Waals surface area contributed by atoms with Crippen molar-refractivity contribution >= 4 is 101 Å². The second-order valence-electron chi connectivity index (χ2n) is 26.8. The summed E-state index contributed by atoms with van der Waals surface area (Å²) >= 11 is 0. The van der Waals surface area contributed by atoms with E-state index in [4.69, 9.17) is 11.5 Å². The van der Waals surface area contributed by atoms with Gasteiger partial charge in [0.2, 0.25) is 76.8 Å². The summed E-state index contributed by atoms with van der Waals surface area (Å²) in [5.41, 5.74) is 11.5. The van der Waals surface area contributed by atoms with Crippen LogP contribution in [0.1, 0.15) is 183 Å². The number of carbonyl (C=O) groups excluding carboxylic acids is 13. The van der Waals surface area contributed by atoms with Crippen LogP contribution in [0, 0.1) is 11.8 Å². The van der Waals surface area contributed by atoms with E-state index in [0.717, 1.165) is 61.7 Å². The molecular formula is C66H110N16O21. The molecule has 0 saturated carbocycles. The zero-order valence-corrected chi connectivity index (χ0v) is 59.9. The van der Waals surface area contributed by atoms with Crippen LogP contribution in [0.3, 0.4) is 0 Å². The van der Waals surface area contributed by atoms with Gasteiger partial charge in [0.25, 0.3) is 0 Å². The van der Waals surface area contributed by atoms with Gasteiger partial charge in [0, 0.05) is 13.1 Å². The maximum absolute atomic E-state index is 15.4. The Bertz CT molecular complexity index is 2960. The third-order valence-electron chi connectivity index (χ3n) is 18.0. The highest BCUT2D eigenvalue weighted by molar-refractivity contribution is 6.01. The number of hydrogen-bond acceptors (Lipinski definition) is 20. The molecule has 0 radical (unpaired) electrons. The van der Waals surface area contributed by atoms with Crippen molar-refractivity contribution in [3.63, 3.8) is 0 Å². The maximum atomic E-state index is 15.4. The number of aliphatic carboxylic acids is 4. The normalized spacial score (nSPS) is 23.9. The highest BCUT2D eigenvalue weighted by Crippen LogP contribution is 2.24. The lowest BCUT2D eigenvalue weighted by Gasteiger charge is -2.39. The number of nitrogens with two attached hydrogens (primary N) is 2. The van der Waals surface area contributed by atoms with E-state index in [-0.39, 0.29) is 58.2 Å². The molecule has 13 atom stereocenters. The number of carbonyl (C=O) groups is 17. The molecule has 0 aromatic carbocycles. The zero-order valence-electron chi connectivity index (χ0n) is 59.9. The molecule has 3 aliphatic rings. The average molecular weight is 1460 g/mol. The third-order valence-corrected chi connectivity index (χ3v) is 18.0. The average Bonchev–Trinajstić information content (AvgIpc) is 1.80. The number of nitrogens with zero attached hydrogens (tertiary/aromatic N) is 2. The molecule has 13 amide bonds. The van der Waals surface area contributed by atoms with E-state index in [9.17, 15) is 97.1 Å². The Kier molecular flexibility index (Phi) is 39.1. The van der Waals surface area contributed by atoms with Gasteiger partial charge in [0.1, 0.15) is 48.3 Å². The first kappa shape index (κ1) is 88.1. The first-order valence-electron chi connectivity index (χ1n) is 35.6. The van der Waals surface area contributed by atoms with Crippen molar-refractivity contribution in [2.45, 2.75) is 255 Å². The van der Waals surface area contributed by atoms with Crippen molar-refractivity contribution in [1.82, 2.24) is 73.6 Å². The molecule has 0 aromatic rings. The van der Waals surface area contributed by atoms with Gasteiger partial charge in [-0.25, -0.2) is 0 Å². The van der Waals surface area contributed by atoms with Crippen LogP contribution in [0.5, 0.6) is 0 Å². The molecule has 37 heteroatoms. The number of carboxylic acid groups (broad SMARTS) is 4. The highest BCUT2D eigenvalue weighted by Gasteiger charge is 2.45. The van der Waals surface area contributed by atoms with Crippen LogP contribution in [0.25, 0.3) is 0 Å². The van der Waals surface area contributed by atoms with Gasteiger partial charge in [0.15, 0.2) is 0 Å². The summed E-state index contributed by atoms with van der Waals surface area (Å²) in [6.45, 7) is 6.14. The van der Waals surface area contributed by atoms with Gasteiger partial charge in [-0.1, -0.05) is 91.4 Å². The van der Waals surface area contributed by atoms with Crippen molar-refractivity contribution in [2.75, 3.05) is 45.8 Å². The molecule has 103 heavy (non-hydrogen) atoms. The largest absolute Gasteiger partial charge is 0.481 e. The Balaban J connectivity index is 2.19. The lowest BCUT2D eigenvalue weighted by atomic mass is 9.96. The van der Waals surface area contributed by atoms with Crippen LogP contribution in [0.15, 0.2) is 0 Å². The highest BCUT2D eigenvalue weighted by atomic mass is 16.4. The predicted octanol–water partition coefficient (Wildman–Crippen LogP) is -3.83. The zero-order chi connectivity index (χ0) is 77.0.